The molecule has 1 heterocycles. The second kappa shape index (κ2) is 3.87. The molecule has 0 aliphatic heterocycles. The Morgan fingerprint density at radius 3 is 2.71 bits per heavy atom. The fourth-order valence-electron chi connectivity index (χ4n) is 1.47. The van der Waals surface area contributed by atoms with Gasteiger partial charge in [-0.1, -0.05) is 0 Å². The number of benzene rings is 1. The van der Waals surface area contributed by atoms with Crippen LogP contribution in [0.5, 0.6) is 0 Å². The lowest BCUT2D eigenvalue weighted by atomic mass is 10.2. The highest BCUT2D eigenvalue weighted by Gasteiger charge is 2.12. The first-order valence-corrected chi connectivity index (χ1v) is 4.87. The molecule has 0 fully saturated rings. The minimum atomic E-state index is -0.519. The highest BCUT2D eigenvalue weighted by Crippen LogP contribution is 2.13. The molecule has 6 heteroatoms. The Balaban J connectivity index is 2.77. The number of halogens is 1. The molecule has 0 saturated heterocycles. The molecule has 0 bridgehead atoms. The lowest BCUT2D eigenvalue weighted by Gasteiger charge is -2.01. The van der Waals surface area contributed by atoms with E-state index < -0.39 is 11.5 Å². The fourth-order valence-corrected chi connectivity index (χ4v) is 1.47. The molecular formula is C11H9FN4O. The monoisotopic (exact) mass is 232 g/mol. The number of nitriles is 1. The van der Waals surface area contributed by atoms with Crippen molar-refractivity contribution < 1.29 is 4.39 Å². The molecule has 17 heavy (non-hydrogen) atoms. The van der Waals surface area contributed by atoms with Crippen LogP contribution >= 0.6 is 0 Å². The Morgan fingerprint density at radius 2 is 2.18 bits per heavy atom. The van der Waals surface area contributed by atoms with E-state index in [1.165, 1.54) is 16.7 Å². The van der Waals surface area contributed by atoms with E-state index in [0.29, 0.717) is 5.82 Å². The maximum Gasteiger partial charge on any atom is 0.350 e. The second-order valence-electron chi connectivity index (χ2n) is 3.57. The lowest BCUT2D eigenvalue weighted by Crippen LogP contribution is -2.22. The van der Waals surface area contributed by atoms with Crippen LogP contribution in [0.4, 0.5) is 4.39 Å². The first kappa shape index (κ1) is 11.1. The Morgan fingerprint density at radius 1 is 1.47 bits per heavy atom. The van der Waals surface area contributed by atoms with Crippen molar-refractivity contribution in [1.82, 2.24) is 14.3 Å². The number of rotatable bonds is 1. The quantitative estimate of drug-likeness (QED) is 0.733. The summed E-state index contributed by atoms with van der Waals surface area (Å²) in [6, 6.07) is 5.51. The molecule has 0 atom stereocenters. The van der Waals surface area contributed by atoms with Crippen LogP contribution in [-0.2, 0) is 7.05 Å². The largest absolute Gasteiger partial charge is 0.350 e. The average Bonchev–Trinajstić information content (AvgIpc) is 2.57. The van der Waals surface area contributed by atoms with E-state index in [9.17, 15) is 9.18 Å². The van der Waals surface area contributed by atoms with Crippen LogP contribution in [0.15, 0.2) is 23.0 Å². The van der Waals surface area contributed by atoms with Gasteiger partial charge in [-0.3, -0.25) is 4.57 Å². The van der Waals surface area contributed by atoms with Crippen molar-refractivity contribution in [3.8, 4) is 11.8 Å². The summed E-state index contributed by atoms with van der Waals surface area (Å²) in [6.07, 6.45) is 0. The van der Waals surface area contributed by atoms with E-state index in [1.807, 2.05) is 6.07 Å². The number of nitrogens with zero attached hydrogens (tertiary/aromatic N) is 4. The number of aryl methyl sites for hydroxylation is 1. The van der Waals surface area contributed by atoms with Gasteiger partial charge in [-0.25, -0.2) is 9.18 Å². The highest BCUT2D eigenvalue weighted by atomic mass is 19.1. The molecule has 86 valence electrons. The molecular weight excluding hydrogens is 223 g/mol. The van der Waals surface area contributed by atoms with E-state index in [-0.39, 0.29) is 11.3 Å². The molecule has 1 aromatic heterocycles. The van der Waals surface area contributed by atoms with Gasteiger partial charge in [-0.05, 0) is 19.1 Å². The van der Waals surface area contributed by atoms with Crippen LogP contribution in [0, 0.1) is 24.1 Å². The maximum atomic E-state index is 13.1. The van der Waals surface area contributed by atoms with Gasteiger partial charge in [0.05, 0.1) is 11.3 Å². The Labute approximate surface area is 96.3 Å². The fraction of sp³-hybridized carbons (Fsp3) is 0.182. The van der Waals surface area contributed by atoms with E-state index in [2.05, 4.69) is 5.10 Å². The summed E-state index contributed by atoms with van der Waals surface area (Å²) in [5.41, 5.74) is -0.0580. The molecule has 0 aliphatic carbocycles. The molecule has 0 amide bonds. The molecule has 0 radical (unpaired) electrons. The van der Waals surface area contributed by atoms with Crippen LogP contribution in [0.1, 0.15) is 11.4 Å². The SMILES string of the molecule is Cc1nn(-c2cc(F)ccc2C#N)c(=O)n1C. The van der Waals surface area contributed by atoms with Crippen LogP contribution in [-0.4, -0.2) is 14.3 Å². The lowest BCUT2D eigenvalue weighted by molar-refractivity contribution is 0.624. The Kier molecular flexibility index (Phi) is 2.52. The van der Waals surface area contributed by atoms with Crippen molar-refractivity contribution in [2.24, 2.45) is 7.05 Å². The van der Waals surface area contributed by atoms with E-state index in [1.54, 1.807) is 14.0 Å². The van der Waals surface area contributed by atoms with Crippen LogP contribution in [0.25, 0.3) is 5.69 Å². The first-order valence-electron chi connectivity index (χ1n) is 4.87. The van der Waals surface area contributed by atoms with Crippen molar-refractivity contribution in [2.45, 2.75) is 6.92 Å². The van der Waals surface area contributed by atoms with Gasteiger partial charge >= 0.3 is 5.69 Å². The van der Waals surface area contributed by atoms with Gasteiger partial charge in [0.25, 0.3) is 0 Å². The number of hydrogen-bond donors (Lipinski definition) is 0. The van der Waals surface area contributed by atoms with Crippen LogP contribution < -0.4 is 5.69 Å². The standard InChI is InChI=1S/C11H9FN4O/c1-7-14-16(11(17)15(7)2)10-5-9(12)4-3-8(10)6-13/h3-5H,1-2H3. The summed E-state index contributed by atoms with van der Waals surface area (Å²) >= 11 is 0. The van der Waals surface area contributed by atoms with Gasteiger partial charge in [0.1, 0.15) is 17.7 Å². The topological polar surface area (TPSA) is 63.6 Å². The number of aromatic nitrogens is 3. The van der Waals surface area contributed by atoms with Crippen LogP contribution in [0.3, 0.4) is 0 Å². The van der Waals surface area contributed by atoms with Gasteiger partial charge in [-0.15, -0.1) is 0 Å². The van der Waals surface area contributed by atoms with E-state index >= 15 is 0 Å². The minimum Gasteiger partial charge on any atom is -0.282 e. The third-order valence-corrected chi connectivity index (χ3v) is 2.51. The van der Waals surface area contributed by atoms with E-state index in [4.69, 9.17) is 5.26 Å². The van der Waals surface area contributed by atoms with Gasteiger partial charge < -0.3 is 0 Å². The van der Waals surface area contributed by atoms with Crippen molar-refractivity contribution in [2.75, 3.05) is 0 Å². The Bertz CT molecular complexity index is 678. The normalized spacial score (nSPS) is 10.2. The Hall–Kier alpha value is -2.42. The third-order valence-electron chi connectivity index (χ3n) is 2.51. The molecule has 5 nitrogen and oxygen atoms in total. The molecule has 0 aliphatic rings. The van der Waals surface area contributed by atoms with Crippen LogP contribution in [0.2, 0.25) is 0 Å². The summed E-state index contributed by atoms with van der Waals surface area (Å²) in [5, 5.41) is 12.9. The summed E-state index contributed by atoms with van der Waals surface area (Å²) in [5.74, 6) is -0.0302. The molecule has 1 aromatic carbocycles. The van der Waals surface area contributed by atoms with Crippen molar-refractivity contribution in [3.63, 3.8) is 0 Å². The minimum absolute atomic E-state index is 0.154. The summed E-state index contributed by atoms with van der Waals surface area (Å²) in [6.45, 7) is 1.66. The summed E-state index contributed by atoms with van der Waals surface area (Å²) in [4.78, 5) is 11.8. The van der Waals surface area contributed by atoms with Crippen molar-refractivity contribution >= 4 is 0 Å². The molecule has 0 spiro atoms. The summed E-state index contributed by atoms with van der Waals surface area (Å²) in [7, 11) is 1.56. The highest BCUT2D eigenvalue weighted by molar-refractivity contribution is 5.48. The predicted molar refractivity (Wildman–Crippen MR) is 58.2 cm³/mol. The molecule has 2 rings (SSSR count). The van der Waals surface area contributed by atoms with Gasteiger partial charge in [0.2, 0.25) is 0 Å². The molecule has 0 saturated carbocycles. The molecule has 2 aromatic rings. The first-order chi connectivity index (χ1) is 8.04. The van der Waals surface area contributed by atoms with Gasteiger partial charge in [0.15, 0.2) is 0 Å². The van der Waals surface area contributed by atoms with Crippen molar-refractivity contribution in [3.05, 3.63) is 45.9 Å². The zero-order valence-corrected chi connectivity index (χ0v) is 9.31. The molecule has 0 unspecified atom stereocenters. The number of hydrogen-bond acceptors (Lipinski definition) is 3. The maximum absolute atomic E-state index is 13.1. The third kappa shape index (κ3) is 1.72. The summed E-state index contributed by atoms with van der Waals surface area (Å²) < 4.78 is 15.5. The van der Waals surface area contributed by atoms with Crippen molar-refractivity contribution in [1.29, 1.82) is 5.26 Å². The zero-order valence-electron chi connectivity index (χ0n) is 9.31. The zero-order chi connectivity index (χ0) is 12.6. The van der Waals surface area contributed by atoms with E-state index in [0.717, 1.165) is 10.7 Å². The average molecular weight is 232 g/mol. The second-order valence-corrected chi connectivity index (χ2v) is 3.57. The predicted octanol–water partition coefficient (Wildman–Crippen LogP) is 0.890. The smallest absolute Gasteiger partial charge is 0.282 e. The molecule has 0 N–H and O–H groups in total. The van der Waals surface area contributed by atoms with Gasteiger partial charge in [-0.2, -0.15) is 15.0 Å². The van der Waals surface area contributed by atoms with Gasteiger partial charge in [0, 0.05) is 13.1 Å².